The first-order valence-electron chi connectivity index (χ1n) is 7.13. The smallest absolute Gasteiger partial charge is 0.246 e. The highest BCUT2D eigenvalue weighted by Crippen LogP contribution is 2.43. The first-order valence-corrected chi connectivity index (χ1v) is 8.01. The lowest BCUT2D eigenvalue weighted by molar-refractivity contribution is -0.119. The molecule has 2 fully saturated rings. The summed E-state index contributed by atoms with van der Waals surface area (Å²) in [6, 6.07) is 10.3. The third-order valence-electron chi connectivity index (χ3n) is 4.28. The van der Waals surface area contributed by atoms with Crippen molar-refractivity contribution in [3.63, 3.8) is 0 Å². The van der Waals surface area contributed by atoms with E-state index in [4.69, 9.17) is 0 Å². The fourth-order valence-electron chi connectivity index (χ4n) is 3.38. The summed E-state index contributed by atoms with van der Waals surface area (Å²) in [7, 11) is 0. The highest BCUT2D eigenvalue weighted by atomic mass is 32.1. The monoisotopic (exact) mass is 302 g/mol. The molecule has 2 saturated heterocycles. The molecule has 0 bridgehead atoms. The highest BCUT2D eigenvalue weighted by molar-refractivity contribution is 7.10. The predicted octanol–water partition coefficient (Wildman–Crippen LogP) is 3.40. The second-order valence-electron chi connectivity index (χ2n) is 5.47. The molecule has 5 heteroatoms. The van der Waals surface area contributed by atoms with Gasteiger partial charge in [-0.15, -0.1) is 11.3 Å². The molecule has 1 aromatic heterocycles. The van der Waals surface area contributed by atoms with Crippen molar-refractivity contribution in [1.29, 1.82) is 0 Å². The molecule has 0 aliphatic carbocycles. The number of thiophene rings is 1. The van der Waals surface area contributed by atoms with Crippen LogP contribution in [0.2, 0.25) is 0 Å². The number of nitrogens with zero attached hydrogens (tertiary/aromatic N) is 2. The van der Waals surface area contributed by atoms with Crippen LogP contribution in [0, 0.1) is 5.82 Å². The third kappa shape index (κ3) is 2.00. The number of fused-ring (bicyclic) bond motifs is 1. The molecule has 1 aromatic carbocycles. The van der Waals surface area contributed by atoms with Gasteiger partial charge in [0.15, 0.2) is 0 Å². The second kappa shape index (κ2) is 4.93. The van der Waals surface area contributed by atoms with Crippen molar-refractivity contribution in [2.24, 2.45) is 0 Å². The maximum Gasteiger partial charge on any atom is 0.246 e. The zero-order valence-electron chi connectivity index (χ0n) is 11.4. The molecule has 2 atom stereocenters. The minimum absolute atomic E-state index is 0.0258. The van der Waals surface area contributed by atoms with Crippen LogP contribution in [0.15, 0.2) is 41.8 Å². The van der Waals surface area contributed by atoms with E-state index in [0.717, 1.165) is 30.0 Å². The summed E-state index contributed by atoms with van der Waals surface area (Å²) in [6.07, 6.45) is 1.93. The van der Waals surface area contributed by atoms with Gasteiger partial charge in [-0.1, -0.05) is 6.07 Å². The molecule has 108 valence electrons. The van der Waals surface area contributed by atoms with Gasteiger partial charge in [0, 0.05) is 17.1 Å². The van der Waals surface area contributed by atoms with Crippen molar-refractivity contribution in [2.45, 2.75) is 25.0 Å². The Morgan fingerprint density at radius 2 is 2.00 bits per heavy atom. The molecule has 21 heavy (non-hydrogen) atoms. The quantitative estimate of drug-likeness (QED) is 0.849. The Morgan fingerprint density at radius 1 is 1.19 bits per heavy atom. The molecule has 1 amide bonds. The Labute approximate surface area is 126 Å². The normalized spacial score (nSPS) is 25.6. The summed E-state index contributed by atoms with van der Waals surface area (Å²) in [4.78, 5) is 18.0. The van der Waals surface area contributed by atoms with Crippen LogP contribution < -0.4 is 4.90 Å². The van der Waals surface area contributed by atoms with Crippen molar-refractivity contribution >= 4 is 22.9 Å². The predicted molar refractivity (Wildman–Crippen MR) is 80.7 cm³/mol. The standard InChI is InChI=1S/C16H15FN2OS/c17-11-5-7-12(8-6-11)19-15(14-4-2-10-21-14)18-9-1-3-13(18)16(19)20/h2,4-8,10,13,15H,1,3,9H2/t13-,15+/m0/s1. The van der Waals surface area contributed by atoms with E-state index in [-0.39, 0.29) is 23.9 Å². The summed E-state index contributed by atoms with van der Waals surface area (Å²) in [5.41, 5.74) is 0.772. The van der Waals surface area contributed by atoms with Crippen LogP contribution in [0.1, 0.15) is 23.9 Å². The number of rotatable bonds is 2. The number of halogens is 1. The van der Waals surface area contributed by atoms with Crippen LogP contribution in [-0.2, 0) is 4.79 Å². The molecule has 0 spiro atoms. The zero-order chi connectivity index (χ0) is 14.4. The van der Waals surface area contributed by atoms with Crippen LogP contribution >= 0.6 is 11.3 Å². The molecular formula is C16H15FN2OS. The van der Waals surface area contributed by atoms with Gasteiger partial charge < -0.3 is 0 Å². The maximum absolute atomic E-state index is 13.2. The van der Waals surface area contributed by atoms with Crippen LogP contribution in [0.5, 0.6) is 0 Å². The third-order valence-corrected chi connectivity index (χ3v) is 5.19. The van der Waals surface area contributed by atoms with Crippen molar-refractivity contribution < 1.29 is 9.18 Å². The number of amides is 1. The number of hydrogen-bond donors (Lipinski definition) is 0. The van der Waals surface area contributed by atoms with Gasteiger partial charge in [-0.25, -0.2) is 4.39 Å². The molecule has 2 aromatic rings. The number of carbonyl (C=O) groups excluding carboxylic acids is 1. The van der Waals surface area contributed by atoms with Gasteiger partial charge in [0.2, 0.25) is 5.91 Å². The number of hydrogen-bond acceptors (Lipinski definition) is 3. The van der Waals surface area contributed by atoms with Crippen molar-refractivity contribution in [3.8, 4) is 0 Å². The van der Waals surface area contributed by atoms with Crippen molar-refractivity contribution in [1.82, 2.24) is 4.90 Å². The van der Waals surface area contributed by atoms with Gasteiger partial charge in [0.25, 0.3) is 0 Å². The van der Waals surface area contributed by atoms with E-state index >= 15 is 0 Å². The lowest BCUT2D eigenvalue weighted by Gasteiger charge is -2.28. The molecule has 3 heterocycles. The van der Waals surface area contributed by atoms with Gasteiger partial charge in [-0.2, -0.15) is 0 Å². The summed E-state index contributed by atoms with van der Waals surface area (Å²) < 4.78 is 13.2. The Bertz CT molecular complexity index is 655. The Kier molecular flexibility index (Phi) is 3.05. The molecule has 3 nitrogen and oxygen atoms in total. The van der Waals surface area contributed by atoms with E-state index < -0.39 is 0 Å². The molecule has 2 aliphatic heterocycles. The minimum Gasteiger partial charge on any atom is -0.290 e. The number of carbonyl (C=O) groups is 1. The highest BCUT2D eigenvalue weighted by Gasteiger charge is 2.49. The molecule has 0 saturated carbocycles. The minimum atomic E-state index is -0.279. The van der Waals surface area contributed by atoms with Gasteiger partial charge in [0.05, 0.1) is 6.04 Å². The summed E-state index contributed by atoms with van der Waals surface area (Å²) >= 11 is 1.66. The lowest BCUT2D eigenvalue weighted by Crippen LogP contribution is -2.31. The Hall–Kier alpha value is -1.72. The van der Waals surface area contributed by atoms with E-state index in [2.05, 4.69) is 11.0 Å². The summed E-state index contributed by atoms with van der Waals surface area (Å²) in [5, 5.41) is 2.03. The first-order chi connectivity index (χ1) is 10.3. The molecule has 0 N–H and O–H groups in total. The molecule has 0 unspecified atom stereocenters. The van der Waals surface area contributed by atoms with E-state index in [1.165, 1.54) is 12.1 Å². The maximum atomic E-state index is 13.2. The molecule has 4 rings (SSSR count). The fourth-order valence-corrected chi connectivity index (χ4v) is 4.21. The van der Waals surface area contributed by atoms with Crippen molar-refractivity contribution in [3.05, 3.63) is 52.5 Å². The molecular weight excluding hydrogens is 287 g/mol. The van der Waals surface area contributed by atoms with Crippen LogP contribution in [0.25, 0.3) is 0 Å². The van der Waals surface area contributed by atoms with Gasteiger partial charge in [0.1, 0.15) is 12.0 Å². The number of benzene rings is 1. The van der Waals surface area contributed by atoms with E-state index in [1.54, 1.807) is 23.5 Å². The van der Waals surface area contributed by atoms with Crippen LogP contribution in [0.4, 0.5) is 10.1 Å². The summed E-state index contributed by atoms with van der Waals surface area (Å²) in [5.74, 6) is -0.143. The topological polar surface area (TPSA) is 23.6 Å². The Balaban J connectivity index is 1.79. The SMILES string of the molecule is O=C1[C@@H]2CCCN2[C@@H](c2cccs2)N1c1ccc(F)cc1. The van der Waals surface area contributed by atoms with E-state index in [0.29, 0.717) is 0 Å². The van der Waals surface area contributed by atoms with Gasteiger partial charge >= 0.3 is 0 Å². The second-order valence-corrected chi connectivity index (χ2v) is 6.45. The lowest BCUT2D eigenvalue weighted by atomic mass is 10.2. The van der Waals surface area contributed by atoms with Gasteiger partial charge in [-0.05, 0) is 48.6 Å². The molecule has 2 aliphatic rings. The Morgan fingerprint density at radius 3 is 2.71 bits per heavy atom. The van der Waals surface area contributed by atoms with E-state index in [1.807, 2.05) is 16.3 Å². The van der Waals surface area contributed by atoms with Gasteiger partial charge in [-0.3, -0.25) is 14.6 Å². The first kappa shape index (κ1) is 13.0. The molecule has 0 radical (unpaired) electrons. The van der Waals surface area contributed by atoms with E-state index in [9.17, 15) is 9.18 Å². The zero-order valence-corrected chi connectivity index (χ0v) is 12.2. The average Bonchev–Trinajstić information content (AvgIpc) is 3.19. The largest absolute Gasteiger partial charge is 0.290 e. The van der Waals surface area contributed by atoms with Crippen LogP contribution in [-0.4, -0.2) is 23.4 Å². The number of anilines is 1. The average molecular weight is 302 g/mol. The van der Waals surface area contributed by atoms with Crippen molar-refractivity contribution in [2.75, 3.05) is 11.4 Å². The van der Waals surface area contributed by atoms with Crippen LogP contribution in [0.3, 0.4) is 0 Å². The fraction of sp³-hybridized carbons (Fsp3) is 0.312. The summed E-state index contributed by atoms with van der Waals surface area (Å²) in [6.45, 7) is 0.941.